The zero-order valence-corrected chi connectivity index (χ0v) is 13.9. The predicted molar refractivity (Wildman–Crippen MR) is 85.6 cm³/mol. The average molecular weight is 335 g/mol. The van der Waals surface area contributed by atoms with Crippen LogP contribution >= 0.6 is 0 Å². The van der Waals surface area contributed by atoms with Crippen molar-refractivity contribution in [1.82, 2.24) is 15.1 Å². The van der Waals surface area contributed by atoms with Gasteiger partial charge in [0.25, 0.3) is 0 Å². The van der Waals surface area contributed by atoms with Crippen molar-refractivity contribution in [3.05, 3.63) is 35.6 Å². The minimum absolute atomic E-state index is 0.0160. The molecule has 0 aromatic heterocycles. The second-order valence-corrected chi connectivity index (χ2v) is 6.35. The van der Waals surface area contributed by atoms with Crippen LogP contribution < -0.4 is 5.32 Å². The fourth-order valence-corrected chi connectivity index (χ4v) is 3.08. The number of ether oxygens (including phenoxy) is 1. The summed E-state index contributed by atoms with van der Waals surface area (Å²) >= 11 is 0. The molecule has 3 amide bonds. The highest BCUT2D eigenvalue weighted by Crippen LogP contribution is 2.29. The van der Waals surface area contributed by atoms with Crippen LogP contribution in [0.15, 0.2) is 24.3 Å². The Labute approximate surface area is 140 Å². The summed E-state index contributed by atoms with van der Waals surface area (Å²) in [6.07, 6.45) is 1.42. The van der Waals surface area contributed by atoms with Gasteiger partial charge in [0.1, 0.15) is 18.5 Å². The van der Waals surface area contributed by atoms with Crippen molar-refractivity contribution in [2.24, 2.45) is 0 Å². The molecule has 1 aromatic rings. The predicted octanol–water partition coefficient (Wildman–Crippen LogP) is 1.88. The van der Waals surface area contributed by atoms with Gasteiger partial charge in [-0.3, -0.25) is 9.69 Å². The van der Waals surface area contributed by atoms with Crippen LogP contribution in [0, 0.1) is 5.82 Å². The summed E-state index contributed by atoms with van der Waals surface area (Å²) in [5, 5.41) is 2.82. The maximum atomic E-state index is 14.0. The second-order valence-electron chi connectivity index (χ2n) is 6.35. The number of rotatable bonds is 5. The number of halogens is 1. The van der Waals surface area contributed by atoms with E-state index in [9.17, 15) is 14.0 Å². The molecule has 1 aliphatic heterocycles. The Morgan fingerprint density at radius 3 is 2.71 bits per heavy atom. The first-order chi connectivity index (χ1) is 11.5. The third-order valence-electron chi connectivity index (χ3n) is 4.52. The number of carbonyl (C=O) groups excluding carboxylic acids is 2. The first kappa shape index (κ1) is 16.7. The van der Waals surface area contributed by atoms with Crippen LogP contribution in [0.1, 0.15) is 31.4 Å². The van der Waals surface area contributed by atoms with E-state index in [1.165, 1.54) is 18.1 Å². The van der Waals surface area contributed by atoms with Crippen LogP contribution in [0.25, 0.3) is 0 Å². The van der Waals surface area contributed by atoms with E-state index in [-0.39, 0.29) is 30.3 Å². The molecule has 1 saturated heterocycles. The van der Waals surface area contributed by atoms with Gasteiger partial charge in [-0.25, -0.2) is 9.18 Å². The van der Waals surface area contributed by atoms with Crippen molar-refractivity contribution < 1.29 is 18.7 Å². The smallest absolute Gasteiger partial charge is 0.319 e. The summed E-state index contributed by atoms with van der Waals surface area (Å²) < 4.78 is 19.4. The first-order valence-corrected chi connectivity index (χ1v) is 8.13. The molecule has 2 atom stereocenters. The molecule has 130 valence electrons. The summed E-state index contributed by atoms with van der Waals surface area (Å²) in [6.45, 7) is 2.17. The average Bonchev–Trinajstić information content (AvgIpc) is 3.32. The van der Waals surface area contributed by atoms with Crippen LogP contribution in [0.3, 0.4) is 0 Å². The molecule has 7 heteroatoms. The van der Waals surface area contributed by atoms with E-state index in [0.29, 0.717) is 12.2 Å². The summed E-state index contributed by atoms with van der Waals surface area (Å²) in [7, 11) is 1.48. The summed E-state index contributed by atoms with van der Waals surface area (Å²) in [4.78, 5) is 27.6. The Hall–Kier alpha value is -2.15. The quantitative estimate of drug-likeness (QED) is 0.894. The number of carbonyl (C=O) groups is 2. The Kier molecular flexibility index (Phi) is 4.71. The zero-order chi connectivity index (χ0) is 17.3. The monoisotopic (exact) mass is 335 g/mol. The molecule has 24 heavy (non-hydrogen) atoms. The Balaban J connectivity index is 1.63. The number of amides is 3. The lowest BCUT2D eigenvalue weighted by Crippen LogP contribution is -2.46. The van der Waals surface area contributed by atoms with Crippen LogP contribution in [-0.4, -0.2) is 54.1 Å². The number of hydrogen-bond acceptors (Lipinski definition) is 3. The van der Waals surface area contributed by atoms with Crippen LogP contribution in [0.5, 0.6) is 0 Å². The fraction of sp³-hybridized carbons (Fsp3) is 0.529. The van der Waals surface area contributed by atoms with Gasteiger partial charge in [0.15, 0.2) is 0 Å². The third-order valence-corrected chi connectivity index (χ3v) is 4.52. The molecule has 1 heterocycles. The van der Waals surface area contributed by atoms with Crippen LogP contribution in [0.2, 0.25) is 0 Å². The molecule has 1 aliphatic carbocycles. The molecule has 1 saturated carbocycles. The van der Waals surface area contributed by atoms with Gasteiger partial charge >= 0.3 is 6.03 Å². The highest BCUT2D eigenvalue weighted by molar-refractivity contribution is 5.87. The Bertz CT molecular complexity index is 635. The highest BCUT2D eigenvalue weighted by Gasteiger charge is 2.40. The maximum absolute atomic E-state index is 14.0. The third kappa shape index (κ3) is 3.36. The molecule has 0 bridgehead atoms. The van der Waals surface area contributed by atoms with E-state index in [4.69, 9.17) is 4.74 Å². The molecule has 3 rings (SSSR count). The van der Waals surface area contributed by atoms with Gasteiger partial charge in [-0.15, -0.1) is 0 Å². The van der Waals surface area contributed by atoms with E-state index in [0.717, 1.165) is 12.8 Å². The molecular weight excluding hydrogens is 313 g/mol. The molecule has 0 spiro atoms. The van der Waals surface area contributed by atoms with Crippen LogP contribution in [0.4, 0.5) is 9.18 Å². The number of nitrogens with zero attached hydrogens (tertiary/aromatic N) is 2. The van der Waals surface area contributed by atoms with Gasteiger partial charge < -0.3 is 15.0 Å². The summed E-state index contributed by atoms with van der Waals surface area (Å²) in [6, 6.07) is 5.85. The Morgan fingerprint density at radius 1 is 1.38 bits per heavy atom. The number of hydrogen-bond donors (Lipinski definition) is 1. The van der Waals surface area contributed by atoms with Gasteiger partial charge in [0.2, 0.25) is 5.91 Å². The summed E-state index contributed by atoms with van der Waals surface area (Å²) in [5.41, 5.74) is 0.393. The maximum Gasteiger partial charge on any atom is 0.319 e. The molecule has 1 aromatic carbocycles. The van der Waals surface area contributed by atoms with Gasteiger partial charge in [0.05, 0.1) is 12.7 Å². The lowest BCUT2D eigenvalue weighted by atomic mass is 10.0. The second kappa shape index (κ2) is 6.76. The number of nitrogens with one attached hydrogen (secondary N) is 1. The minimum Gasteiger partial charge on any atom is -0.375 e. The van der Waals surface area contributed by atoms with E-state index in [1.807, 2.05) is 0 Å². The highest BCUT2D eigenvalue weighted by atomic mass is 19.1. The SMILES string of the molecule is COC(c1ccccc1F)C(C)NC(=O)N1CC(=O)N(C2CC2)C1. The molecule has 1 N–H and O–H groups in total. The van der Waals surface area contributed by atoms with E-state index < -0.39 is 12.1 Å². The van der Waals surface area contributed by atoms with E-state index in [2.05, 4.69) is 5.32 Å². The normalized spacial score (nSPS) is 20.2. The van der Waals surface area contributed by atoms with Gasteiger partial charge in [0, 0.05) is 18.7 Å². The van der Waals surface area contributed by atoms with E-state index in [1.54, 1.807) is 30.0 Å². The fourth-order valence-electron chi connectivity index (χ4n) is 3.08. The van der Waals surface area contributed by atoms with Crippen molar-refractivity contribution in [3.63, 3.8) is 0 Å². The van der Waals surface area contributed by atoms with Gasteiger partial charge in [-0.1, -0.05) is 18.2 Å². The van der Waals surface area contributed by atoms with Crippen molar-refractivity contribution >= 4 is 11.9 Å². The van der Waals surface area contributed by atoms with Crippen LogP contribution in [-0.2, 0) is 9.53 Å². The molecule has 2 fully saturated rings. The topological polar surface area (TPSA) is 61.9 Å². The largest absolute Gasteiger partial charge is 0.375 e. The number of methoxy groups -OCH3 is 1. The zero-order valence-electron chi connectivity index (χ0n) is 13.9. The molecule has 0 radical (unpaired) electrons. The summed E-state index contributed by atoms with van der Waals surface area (Å²) in [5.74, 6) is -0.389. The van der Waals surface area contributed by atoms with Crippen molar-refractivity contribution in [1.29, 1.82) is 0 Å². The number of benzene rings is 1. The Morgan fingerprint density at radius 2 is 2.08 bits per heavy atom. The lowest BCUT2D eigenvalue weighted by Gasteiger charge is -2.26. The lowest BCUT2D eigenvalue weighted by molar-refractivity contribution is -0.127. The van der Waals surface area contributed by atoms with Gasteiger partial charge in [-0.05, 0) is 25.8 Å². The van der Waals surface area contributed by atoms with Crippen molar-refractivity contribution in [3.8, 4) is 0 Å². The van der Waals surface area contributed by atoms with Gasteiger partial charge in [-0.2, -0.15) is 0 Å². The number of urea groups is 1. The first-order valence-electron chi connectivity index (χ1n) is 8.13. The van der Waals surface area contributed by atoms with Crippen molar-refractivity contribution in [2.75, 3.05) is 20.3 Å². The molecule has 6 nitrogen and oxygen atoms in total. The van der Waals surface area contributed by atoms with E-state index >= 15 is 0 Å². The molecule has 2 aliphatic rings. The minimum atomic E-state index is -0.604. The standard InChI is InChI=1S/C17H22FN3O3/c1-11(16(24-2)13-5-3-4-6-14(13)18)19-17(23)20-9-15(22)21(10-20)12-7-8-12/h3-6,11-12,16H,7-10H2,1-2H3,(H,19,23). The molecular formula is C17H22FN3O3. The molecule has 2 unspecified atom stereocenters. The van der Waals surface area contributed by atoms with Crippen molar-refractivity contribution in [2.45, 2.75) is 38.0 Å².